The number of hydrogen-bond acceptors (Lipinski definition) is 5. The first-order valence-electron chi connectivity index (χ1n) is 6.01. The second-order valence-electron chi connectivity index (χ2n) is 4.41. The van der Waals surface area contributed by atoms with Gasteiger partial charge in [0.15, 0.2) is 5.82 Å². The van der Waals surface area contributed by atoms with Crippen molar-refractivity contribution in [2.24, 2.45) is 0 Å². The average Bonchev–Trinajstić information content (AvgIpc) is 2.41. The van der Waals surface area contributed by atoms with Gasteiger partial charge in [-0.1, -0.05) is 0 Å². The zero-order valence-electron chi connectivity index (χ0n) is 11.1. The standard InChI is InChI=1S/C13H14FN3O2S/c1-8(7-20-2)16-13-10(14)6-11(17(18)19)9-4-3-5-15-12(9)13/h3-6,8,16H,7H2,1-2H3. The summed E-state index contributed by atoms with van der Waals surface area (Å²) in [4.78, 5) is 14.5. The fourth-order valence-electron chi connectivity index (χ4n) is 2.02. The Hall–Kier alpha value is -1.89. The van der Waals surface area contributed by atoms with Crippen molar-refractivity contribution in [1.29, 1.82) is 0 Å². The van der Waals surface area contributed by atoms with Gasteiger partial charge in [-0.05, 0) is 25.3 Å². The van der Waals surface area contributed by atoms with Crippen LogP contribution < -0.4 is 5.32 Å². The number of fused-ring (bicyclic) bond motifs is 1. The van der Waals surface area contributed by atoms with Crippen molar-refractivity contribution in [3.05, 3.63) is 40.3 Å². The first-order chi connectivity index (χ1) is 9.54. The van der Waals surface area contributed by atoms with E-state index in [1.165, 1.54) is 6.20 Å². The Morgan fingerprint density at radius 2 is 2.35 bits per heavy atom. The molecule has 0 saturated heterocycles. The van der Waals surface area contributed by atoms with Crippen LogP contribution in [0.1, 0.15) is 6.92 Å². The molecule has 1 unspecified atom stereocenters. The van der Waals surface area contributed by atoms with Gasteiger partial charge in [-0.3, -0.25) is 15.1 Å². The molecule has 5 nitrogen and oxygen atoms in total. The van der Waals surface area contributed by atoms with E-state index in [0.717, 1.165) is 11.8 Å². The van der Waals surface area contributed by atoms with E-state index >= 15 is 0 Å². The summed E-state index contributed by atoms with van der Waals surface area (Å²) in [6.45, 7) is 1.92. The molecule has 0 spiro atoms. The highest BCUT2D eigenvalue weighted by Crippen LogP contribution is 2.33. The summed E-state index contributed by atoms with van der Waals surface area (Å²) in [6, 6.07) is 4.15. The Bertz CT molecular complexity index is 651. The van der Waals surface area contributed by atoms with E-state index in [2.05, 4.69) is 10.3 Å². The third-order valence-corrected chi connectivity index (χ3v) is 3.66. The van der Waals surface area contributed by atoms with Gasteiger partial charge in [-0.2, -0.15) is 11.8 Å². The quantitative estimate of drug-likeness (QED) is 0.676. The van der Waals surface area contributed by atoms with Crippen LogP contribution in [0.2, 0.25) is 0 Å². The molecule has 2 rings (SSSR count). The molecule has 0 aliphatic carbocycles. The fourth-order valence-corrected chi connectivity index (χ4v) is 2.60. The van der Waals surface area contributed by atoms with Gasteiger partial charge in [0.25, 0.3) is 5.69 Å². The molecule has 7 heteroatoms. The summed E-state index contributed by atoms with van der Waals surface area (Å²) < 4.78 is 14.1. The molecule has 1 atom stereocenters. The van der Waals surface area contributed by atoms with Crippen LogP contribution in [0.4, 0.5) is 15.8 Å². The molecule has 0 bridgehead atoms. The maximum atomic E-state index is 14.1. The van der Waals surface area contributed by atoms with Gasteiger partial charge in [0.1, 0.15) is 5.52 Å². The van der Waals surface area contributed by atoms with Gasteiger partial charge in [-0.15, -0.1) is 0 Å². The van der Waals surface area contributed by atoms with Gasteiger partial charge in [-0.25, -0.2) is 4.39 Å². The fraction of sp³-hybridized carbons (Fsp3) is 0.308. The van der Waals surface area contributed by atoms with E-state index in [-0.39, 0.29) is 22.9 Å². The zero-order valence-corrected chi connectivity index (χ0v) is 11.9. The van der Waals surface area contributed by atoms with Gasteiger partial charge >= 0.3 is 0 Å². The molecule has 0 amide bonds. The van der Waals surface area contributed by atoms with Gasteiger partial charge in [0.2, 0.25) is 0 Å². The maximum absolute atomic E-state index is 14.1. The number of hydrogen-bond donors (Lipinski definition) is 1. The Morgan fingerprint density at radius 3 is 3.00 bits per heavy atom. The number of nitro benzene ring substituents is 1. The number of benzene rings is 1. The highest BCUT2D eigenvalue weighted by Gasteiger charge is 2.20. The number of rotatable bonds is 5. The number of nitrogens with zero attached hydrogens (tertiary/aromatic N) is 2. The Morgan fingerprint density at radius 1 is 1.60 bits per heavy atom. The van der Waals surface area contributed by atoms with Crippen molar-refractivity contribution in [2.75, 3.05) is 17.3 Å². The van der Waals surface area contributed by atoms with Crippen molar-refractivity contribution in [3.63, 3.8) is 0 Å². The van der Waals surface area contributed by atoms with Crippen LogP contribution in [0.5, 0.6) is 0 Å². The Balaban J connectivity index is 2.58. The summed E-state index contributed by atoms with van der Waals surface area (Å²) in [7, 11) is 0. The lowest BCUT2D eigenvalue weighted by Crippen LogP contribution is -2.19. The van der Waals surface area contributed by atoms with Crippen LogP contribution in [0, 0.1) is 15.9 Å². The lowest BCUT2D eigenvalue weighted by atomic mass is 10.1. The topological polar surface area (TPSA) is 68.1 Å². The molecule has 106 valence electrons. The van der Waals surface area contributed by atoms with Crippen LogP contribution in [-0.4, -0.2) is 28.0 Å². The van der Waals surface area contributed by atoms with Crippen molar-refractivity contribution in [1.82, 2.24) is 4.98 Å². The average molecular weight is 295 g/mol. The molecule has 20 heavy (non-hydrogen) atoms. The van der Waals surface area contributed by atoms with Crippen LogP contribution in [0.15, 0.2) is 24.4 Å². The minimum atomic E-state index is -0.657. The van der Waals surface area contributed by atoms with E-state index in [1.807, 2.05) is 13.2 Å². The van der Waals surface area contributed by atoms with Crippen LogP contribution >= 0.6 is 11.8 Å². The maximum Gasteiger partial charge on any atom is 0.281 e. The van der Waals surface area contributed by atoms with Crippen molar-refractivity contribution in [3.8, 4) is 0 Å². The van der Waals surface area contributed by atoms with Crippen molar-refractivity contribution < 1.29 is 9.31 Å². The molecule has 0 fully saturated rings. The number of nitro groups is 1. The third kappa shape index (κ3) is 2.82. The van der Waals surface area contributed by atoms with Gasteiger partial charge < -0.3 is 5.32 Å². The summed E-state index contributed by atoms with van der Waals surface area (Å²) in [5, 5.41) is 14.4. The molecule has 1 heterocycles. The minimum Gasteiger partial charge on any atom is -0.378 e. The van der Waals surface area contributed by atoms with E-state index < -0.39 is 10.7 Å². The summed E-state index contributed by atoms with van der Waals surface area (Å²) in [5.74, 6) is 0.140. The highest BCUT2D eigenvalue weighted by atomic mass is 32.2. The smallest absolute Gasteiger partial charge is 0.281 e. The van der Waals surface area contributed by atoms with E-state index in [0.29, 0.717) is 5.39 Å². The minimum absolute atomic E-state index is 0.0335. The number of halogens is 1. The molecule has 0 aliphatic rings. The van der Waals surface area contributed by atoms with Crippen LogP contribution in [0.3, 0.4) is 0 Å². The molecule has 1 aromatic heterocycles. The lowest BCUT2D eigenvalue weighted by molar-refractivity contribution is -0.383. The molecular formula is C13H14FN3O2S. The second kappa shape index (κ2) is 6.04. The lowest BCUT2D eigenvalue weighted by Gasteiger charge is -2.16. The van der Waals surface area contributed by atoms with E-state index in [4.69, 9.17) is 0 Å². The first-order valence-corrected chi connectivity index (χ1v) is 7.41. The van der Waals surface area contributed by atoms with Gasteiger partial charge in [0, 0.05) is 18.0 Å². The van der Waals surface area contributed by atoms with Gasteiger partial charge in [0.05, 0.1) is 22.1 Å². The predicted molar refractivity (Wildman–Crippen MR) is 79.8 cm³/mol. The highest BCUT2D eigenvalue weighted by molar-refractivity contribution is 7.98. The molecule has 2 aromatic rings. The monoisotopic (exact) mass is 295 g/mol. The Kier molecular flexibility index (Phi) is 4.39. The molecule has 0 radical (unpaired) electrons. The number of pyridine rings is 1. The number of non-ortho nitro benzene ring substituents is 1. The second-order valence-corrected chi connectivity index (χ2v) is 5.32. The number of nitrogens with one attached hydrogen (secondary N) is 1. The number of thioether (sulfide) groups is 1. The number of anilines is 1. The van der Waals surface area contributed by atoms with Crippen LogP contribution in [0.25, 0.3) is 10.9 Å². The molecule has 0 saturated carbocycles. The molecule has 1 N–H and O–H groups in total. The first kappa shape index (κ1) is 14.5. The molecule has 0 aliphatic heterocycles. The molecule has 1 aromatic carbocycles. The normalized spacial score (nSPS) is 12.3. The zero-order chi connectivity index (χ0) is 14.7. The van der Waals surface area contributed by atoms with E-state index in [1.54, 1.807) is 23.9 Å². The summed E-state index contributed by atoms with van der Waals surface area (Å²) in [5.41, 5.74) is 0.230. The van der Waals surface area contributed by atoms with Crippen molar-refractivity contribution in [2.45, 2.75) is 13.0 Å². The summed E-state index contributed by atoms with van der Waals surface area (Å²) in [6.07, 6.45) is 3.46. The number of aromatic nitrogens is 1. The van der Waals surface area contributed by atoms with Crippen LogP contribution in [-0.2, 0) is 0 Å². The largest absolute Gasteiger partial charge is 0.378 e. The summed E-state index contributed by atoms with van der Waals surface area (Å²) >= 11 is 1.63. The Labute approximate surface area is 119 Å². The predicted octanol–water partition coefficient (Wildman–Crippen LogP) is 3.45. The van der Waals surface area contributed by atoms with Crippen molar-refractivity contribution >= 4 is 34.0 Å². The third-order valence-electron chi connectivity index (χ3n) is 2.83. The molecular weight excluding hydrogens is 281 g/mol. The SMILES string of the molecule is CSCC(C)Nc1c(F)cc([N+](=O)[O-])c2cccnc12. The van der Waals surface area contributed by atoms with E-state index in [9.17, 15) is 14.5 Å².